The highest BCUT2D eigenvalue weighted by Crippen LogP contribution is 2.29. The zero-order valence-electron chi connectivity index (χ0n) is 12.8. The molecule has 0 spiro atoms. The molecule has 7 nitrogen and oxygen atoms in total. The molecule has 0 N–H and O–H groups in total. The van der Waals surface area contributed by atoms with E-state index in [2.05, 4.69) is 5.10 Å². The predicted molar refractivity (Wildman–Crippen MR) is 76.2 cm³/mol. The quantitative estimate of drug-likeness (QED) is 0.769. The molecule has 1 aromatic heterocycles. The summed E-state index contributed by atoms with van der Waals surface area (Å²) in [5.74, 6) is -0.502. The number of nitrogens with zero attached hydrogens (tertiary/aromatic N) is 3. The monoisotopic (exact) mass is 315 g/mol. The van der Waals surface area contributed by atoms with Gasteiger partial charge in [-0.25, -0.2) is 8.42 Å². The number of methoxy groups -OCH3 is 1. The highest BCUT2D eigenvalue weighted by molar-refractivity contribution is 7.89. The van der Waals surface area contributed by atoms with E-state index >= 15 is 0 Å². The summed E-state index contributed by atoms with van der Waals surface area (Å²) in [6.07, 6.45) is 2.05. The van der Waals surface area contributed by atoms with Crippen molar-refractivity contribution in [1.82, 2.24) is 14.1 Å². The van der Waals surface area contributed by atoms with E-state index in [9.17, 15) is 13.2 Å². The highest BCUT2D eigenvalue weighted by atomic mass is 32.2. The van der Waals surface area contributed by atoms with Crippen LogP contribution in [-0.2, 0) is 26.6 Å². The summed E-state index contributed by atoms with van der Waals surface area (Å²) < 4.78 is 33.4. The van der Waals surface area contributed by atoms with E-state index in [1.54, 1.807) is 25.6 Å². The van der Waals surface area contributed by atoms with Crippen LogP contribution in [0.4, 0.5) is 0 Å². The molecule has 1 saturated heterocycles. The van der Waals surface area contributed by atoms with Gasteiger partial charge in [0.2, 0.25) is 10.0 Å². The Hall–Kier alpha value is -1.41. The summed E-state index contributed by atoms with van der Waals surface area (Å²) >= 11 is 0. The van der Waals surface area contributed by atoms with Gasteiger partial charge >= 0.3 is 5.97 Å². The van der Waals surface area contributed by atoms with E-state index in [1.807, 2.05) is 0 Å². The smallest absolute Gasteiger partial charge is 0.324 e. The number of rotatable bonds is 3. The molecule has 2 rings (SSSR count). The lowest BCUT2D eigenvalue weighted by molar-refractivity contribution is -0.146. The number of ether oxygens (including phenoxy) is 1. The fraction of sp³-hybridized carbons (Fsp3) is 0.692. The molecule has 0 aromatic carbocycles. The fourth-order valence-corrected chi connectivity index (χ4v) is 4.86. The molecule has 0 unspecified atom stereocenters. The number of esters is 1. The van der Waals surface area contributed by atoms with Crippen LogP contribution >= 0.6 is 0 Å². The first kappa shape index (κ1) is 16.0. The third-order valence-electron chi connectivity index (χ3n) is 3.94. The van der Waals surface area contributed by atoms with E-state index in [-0.39, 0.29) is 4.90 Å². The third kappa shape index (κ3) is 2.69. The molecule has 0 radical (unpaired) electrons. The Balaban J connectivity index is 2.48. The molecule has 0 amide bonds. The molecule has 1 aliphatic rings. The largest absolute Gasteiger partial charge is 0.468 e. The third-order valence-corrected chi connectivity index (χ3v) is 6.10. The lowest BCUT2D eigenvalue weighted by Crippen LogP contribution is -2.48. The number of hydrogen-bond acceptors (Lipinski definition) is 5. The second kappa shape index (κ2) is 5.76. The van der Waals surface area contributed by atoms with Gasteiger partial charge in [0, 0.05) is 13.6 Å². The van der Waals surface area contributed by atoms with E-state index in [0.29, 0.717) is 24.4 Å². The van der Waals surface area contributed by atoms with Crippen LogP contribution in [0.15, 0.2) is 4.90 Å². The zero-order chi connectivity index (χ0) is 15.8. The standard InChI is InChI=1S/C13H21N3O4S/c1-9-12(10(2)15(3)14-9)21(18,19)16-8-6-5-7-11(16)13(17)20-4/h11H,5-8H2,1-4H3/t11-/m1/s1. The molecule has 1 fully saturated rings. The molecule has 118 valence electrons. The van der Waals surface area contributed by atoms with Crippen LogP contribution in [-0.4, -0.2) is 48.2 Å². The van der Waals surface area contributed by atoms with Crippen molar-refractivity contribution >= 4 is 16.0 Å². The van der Waals surface area contributed by atoms with Crippen molar-refractivity contribution in [3.05, 3.63) is 11.4 Å². The molecule has 1 aromatic rings. The predicted octanol–water partition coefficient (Wildman–Crippen LogP) is 0.753. The van der Waals surface area contributed by atoms with Gasteiger partial charge in [-0.1, -0.05) is 0 Å². The van der Waals surface area contributed by atoms with E-state index in [1.165, 1.54) is 11.4 Å². The van der Waals surface area contributed by atoms with Crippen LogP contribution in [0.1, 0.15) is 30.7 Å². The first-order chi connectivity index (χ1) is 9.80. The van der Waals surface area contributed by atoms with Crippen LogP contribution in [0.2, 0.25) is 0 Å². The SMILES string of the molecule is COC(=O)[C@H]1CCCCN1S(=O)(=O)c1c(C)nn(C)c1C. The van der Waals surface area contributed by atoms with Crippen molar-refractivity contribution in [2.75, 3.05) is 13.7 Å². The minimum atomic E-state index is -3.76. The van der Waals surface area contributed by atoms with Gasteiger partial charge in [0.25, 0.3) is 0 Å². The van der Waals surface area contributed by atoms with Crippen LogP contribution in [0.25, 0.3) is 0 Å². The molecule has 0 saturated carbocycles. The van der Waals surface area contributed by atoms with Gasteiger partial charge in [0.1, 0.15) is 10.9 Å². The first-order valence-electron chi connectivity index (χ1n) is 6.90. The Morgan fingerprint density at radius 2 is 2.00 bits per heavy atom. The number of carbonyl (C=O) groups is 1. The van der Waals surface area contributed by atoms with Gasteiger partial charge in [0.05, 0.1) is 18.5 Å². The molecule has 1 atom stereocenters. The van der Waals surface area contributed by atoms with Crippen molar-refractivity contribution < 1.29 is 17.9 Å². The van der Waals surface area contributed by atoms with Gasteiger partial charge in [-0.05, 0) is 33.1 Å². The van der Waals surface area contributed by atoms with Gasteiger partial charge in [-0.2, -0.15) is 9.40 Å². The summed E-state index contributed by atoms with van der Waals surface area (Å²) in [5.41, 5.74) is 1.02. The average molecular weight is 315 g/mol. The number of hydrogen-bond donors (Lipinski definition) is 0. The van der Waals surface area contributed by atoms with Crippen LogP contribution < -0.4 is 0 Å². The number of aryl methyl sites for hydroxylation is 2. The van der Waals surface area contributed by atoms with Crippen molar-refractivity contribution in [2.24, 2.45) is 7.05 Å². The van der Waals surface area contributed by atoms with Crippen molar-refractivity contribution in [3.8, 4) is 0 Å². The maximum Gasteiger partial charge on any atom is 0.324 e. The molecule has 2 heterocycles. The van der Waals surface area contributed by atoms with Crippen molar-refractivity contribution in [2.45, 2.75) is 44.0 Å². The van der Waals surface area contributed by atoms with Gasteiger partial charge in [-0.15, -0.1) is 0 Å². The molecular weight excluding hydrogens is 294 g/mol. The lowest BCUT2D eigenvalue weighted by atomic mass is 10.1. The maximum absolute atomic E-state index is 12.9. The van der Waals surface area contributed by atoms with Crippen molar-refractivity contribution in [3.63, 3.8) is 0 Å². The summed E-state index contributed by atoms with van der Waals surface area (Å²) in [6, 6.07) is -0.743. The summed E-state index contributed by atoms with van der Waals surface area (Å²) in [5, 5.41) is 4.16. The normalized spacial score (nSPS) is 20.5. The Labute approximate surface area is 124 Å². The number of carbonyl (C=O) groups excluding carboxylic acids is 1. The van der Waals surface area contributed by atoms with Crippen LogP contribution in [0.3, 0.4) is 0 Å². The fourth-order valence-electron chi connectivity index (χ4n) is 2.81. The molecule has 8 heteroatoms. The number of aromatic nitrogens is 2. The molecule has 1 aliphatic heterocycles. The first-order valence-corrected chi connectivity index (χ1v) is 8.34. The molecule has 21 heavy (non-hydrogen) atoms. The summed E-state index contributed by atoms with van der Waals surface area (Å²) in [6.45, 7) is 3.71. The molecule has 0 aliphatic carbocycles. The minimum Gasteiger partial charge on any atom is -0.468 e. The number of sulfonamides is 1. The second-order valence-electron chi connectivity index (χ2n) is 5.27. The average Bonchev–Trinajstić information content (AvgIpc) is 2.71. The van der Waals surface area contributed by atoms with Crippen LogP contribution in [0, 0.1) is 13.8 Å². The Kier molecular flexibility index (Phi) is 4.38. The summed E-state index contributed by atoms with van der Waals surface area (Å²) in [4.78, 5) is 12.1. The minimum absolute atomic E-state index is 0.195. The Morgan fingerprint density at radius 1 is 1.33 bits per heavy atom. The summed E-state index contributed by atoms with van der Waals surface area (Å²) in [7, 11) is -0.774. The van der Waals surface area contributed by atoms with E-state index < -0.39 is 22.0 Å². The van der Waals surface area contributed by atoms with Crippen molar-refractivity contribution in [1.29, 1.82) is 0 Å². The van der Waals surface area contributed by atoms with Gasteiger partial charge in [-0.3, -0.25) is 9.48 Å². The Bertz CT molecular complexity index is 651. The maximum atomic E-state index is 12.9. The van der Waals surface area contributed by atoms with Gasteiger partial charge < -0.3 is 4.74 Å². The van der Waals surface area contributed by atoms with E-state index in [4.69, 9.17) is 4.74 Å². The van der Waals surface area contributed by atoms with Gasteiger partial charge in [0.15, 0.2) is 0 Å². The lowest BCUT2D eigenvalue weighted by Gasteiger charge is -2.32. The van der Waals surface area contributed by atoms with Crippen LogP contribution in [0.5, 0.6) is 0 Å². The zero-order valence-corrected chi connectivity index (χ0v) is 13.6. The van der Waals surface area contributed by atoms with E-state index in [0.717, 1.165) is 12.8 Å². The number of piperidine rings is 1. The molecule has 0 bridgehead atoms. The second-order valence-corrected chi connectivity index (χ2v) is 7.10. The molecular formula is C13H21N3O4S. The highest BCUT2D eigenvalue weighted by Gasteiger charge is 2.40. The topological polar surface area (TPSA) is 81.5 Å². The Morgan fingerprint density at radius 3 is 2.52 bits per heavy atom.